The number of hydrogen-bond donors (Lipinski definition) is 3. The molecule has 0 saturated heterocycles. The van der Waals surface area contributed by atoms with Crippen LogP contribution >= 0.6 is 0 Å². The van der Waals surface area contributed by atoms with E-state index in [1.807, 2.05) is 6.08 Å². The number of allylic oxidation sites excluding steroid dienone is 13. The van der Waals surface area contributed by atoms with Gasteiger partial charge < -0.3 is 15.5 Å². The number of carbonyl (C=O) groups excluding carboxylic acids is 1. The maximum absolute atomic E-state index is 12.6. The number of aliphatic hydroxyl groups is 2. The fourth-order valence-electron chi connectivity index (χ4n) is 11.7. The van der Waals surface area contributed by atoms with Crippen LogP contribution < -0.4 is 5.32 Å². The quantitative estimate of drug-likeness (QED) is 0.0420. The van der Waals surface area contributed by atoms with E-state index in [0.717, 1.165) is 64.2 Å². The zero-order valence-electron chi connectivity index (χ0n) is 56.7. The number of unbranched alkanes of at least 4 members (excludes halogenated alkanes) is 51. The standard InChI is InChI=1S/C80H147NO3/c1-3-5-7-9-11-13-15-17-19-21-23-25-27-29-31-33-35-37-38-39-40-41-42-44-46-48-50-52-54-56-58-60-62-64-66-68-70-72-74-76-80(84)81-78(77-82)79(83)75-73-71-69-67-65-63-61-59-57-55-53-51-49-47-45-43-36-34-32-30-28-26-24-22-20-18-16-14-12-10-8-6-4-2/h5,7,11,13,17,19,23,25,57,59,65,67,73,75,78-79,82-83H,3-4,6,8-10,12,14-16,18,20-22,24,26-56,58,60-64,66,68-72,74,76-77H2,1-2H3,(H,81,84)/b7-5-,13-11-,19-17-,25-23-,59-57+,67-65+,75-73+. The first kappa shape index (κ1) is 81.6. The van der Waals surface area contributed by atoms with Gasteiger partial charge in [0.1, 0.15) is 0 Å². The predicted molar refractivity (Wildman–Crippen MR) is 377 cm³/mol. The summed E-state index contributed by atoms with van der Waals surface area (Å²) in [4.78, 5) is 12.6. The minimum atomic E-state index is -0.874. The lowest BCUT2D eigenvalue weighted by Gasteiger charge is -2.19. The Morgan fingerprint density at radius 2 is 0.536 bits per heavy atom. The van der Waals surface area contributed by atoms with E-state index in [-0.39, 0.29) is 12.5 Å². The van der Waals surface area contributed by atoms with Crippen molar-refractivity contribution in [2.75, 3.05) is 6.61 Å². The van der Waals surface area contributed by atoms with Crippen molar-refractivity contribution >= 4 is 5.91 Å². The second kappa shape index (κ2) is 74.8. The maximum atomic E-state index is 12.6. The first-order chi connectivity index (χ1) is 41.7. The summed E-state index contributed by atoms with van der Waals surface area (Å²) in [6, 6.07) is -0.649. The summed E-state index contributed by atoms with van der Waals surface area (Å²) in [7, 11) is 0. The molecule has 84 heavy (non-hydrogen) atoms. The zero-order valence-corrected chi connectivity index (χ0v) is 56.7. The van der Waals surface area contributed by atoms with E-state index in [1.165, 1.54) is 315 Å². The molecule has 0 aromatic rings. The third-order valence-corrected chi connectivity index (χ3v) is 17.3. The Kier molecular flexibility index (Phi) is 72.7. The van der Waals surface area contributed by atoms with Crippen LogP contribution in [0.5, 0.6) is 0 Å². The molecule has 0 radical (unpaired) electrons. The topological polar surface area (TPSA) is 69.6 Å². The summed E-state index contributed by atoms with van der Waals surface area (Å²) in [6.07, 6.45) is 110. The number of amides is 1. The number of carbonyl (C=O) groups is 1. The van der Waals surface area contributed by atoms with Crippen molar-refractivity contribution in [3.63, 3.8) is 0 Å². The van der Waals surface area contributed by atoms with Gasteiger partial charge in [0, 0.05) is 6.42 Å². The molecule has 0 aliphatic carbocycles. The highest BCUT2D eigenvalue weighted by Gasteiger charge is 2.18. The van der Waals surface area contributed by atoms with Gasteiger partial charge >= 0.3 is 0 Å². The van der Waals surface area contributed by atoms with Crippen LogP contribution in [0.1, 0.15) is 399 Å². The van der Waals surface area contributed by atoms with Crippen LogP contribution in [0.25, 0.3) is 0 Å². The Morgan fingerprint density at radius 3 is 0.833 bits per heavy atom. The van der Waals surface area contributed by atoms with Gasteiger partial charge in [-0.1, -0.05) is 394 Å². The first-order valence-corrected chi connectivity index (χ1v) is 37.8. The average molecular weight is 1170 g/mol. The number of nitrogens with one attached hydrogen (secondary N) is 1. The van der Waals surface area contributed by atoms with Crippen molar-refractivity contribution in [1.82, 2.24) is 5.32 Å². The number of aliphatic hydroxyl groups excluding tert-OH is 2. The Hall–Kier alpha value is -2.43. The smallest absolute Gasteiger partial charge is 0.220 e. The molecule has 0 aromatic carbocycles. The monoisotopic (exact) mass is 1170 g/mol. The van der Waals surface area contributed by atoms with Gasteiger partial charge in [0.05, 0.1) is 18.8 Å². The molecule has 2 atom stereocenters. The van der Waals surface area contributed by atoms with Crippen molar-refractivity contribution < 1.29 is 15.0 Å². The van der Waals surface area contributed by atoms with Crippen molar-refractivity contribution in [2.24, 2.45) is 0 Å². The van der Waals surface area contributed by atoms with Crippen LogP contribution in [0, 0.1) is 0 Å². The van der Waals surface area contributed by atoms with Gasteiger partial charge in [-0.3, -0.25) is 4.79 Å². The van der Waals surface area contributed by atoms with Crippen LogP contribution in [0.15, 0.2) is 85.1 Å². The summed E-state index contributed by atoms with van der Waals surface area (Å²) in [5, 5.41) is 23.3. The molecule has 0 bridgehead atoms. The Bertz CT molecular complexity index is 1470. The molecule has 4 nitrogen and oxygen atoms in total. The highest BCUT2D eigenvalue weighted by atomic mass is 16.3. The van der Waals surface area contributed by atoms with Gasteiger partial charge in [0.15, 0.2) is 0 Å². The molecule has 0 saturated carbocycles. The lowest BCUT2D eigenvalue weighted by atomic mass is 10.0. The van der Waals surface area contributed by atoms with E-state index in [1.54, 1.807) is 6.08 Å². The highest BCUT2D eigenvalue weighted by molar-refractivity contribution is 5.76. The molecule has 4 heteroatoms. The van der Waals surface area contributed by atoms with Crippen LogP contribution in [-0.2, 0) is 4.79 Å². The van der Waals surface area contributed by atoms with Crippen LogP contribution in [0.3, 0.4) is 0 Å². The predicted octanol–water partition coefficient (Wildman–Crippen LogP) is 26.2. The van der Waals surface area contributed by atoms with Crippen molar-refractivity contribution in [1.29, 1.82) is 0 Å². The molecule has 0 aliphatic heterocycles. The van der Waals surface area contributed by atoms with E-state index < -0.39 is 12.1 Å². The van der Waals surface area contributed by atoms with E-state index in [2.05, 4.69) is 92.1 Å². The third-order valence-electron chi connectivity index (χ3n) is 17.3. The normalized spacial score (nSPS) is 13.1. The summed E-state index contributed by atoms with van der Waals surface area (Å²) < 4.78 is 0. The van der Waals surface area contributed by atoms with Crippen LogP contribution in [0.4, 0.5) is 0 Å². The molecule has 490 valence electrons. The molecule has 0 rings (SSSR count). The second-order valence-corrected chi connectivity index (χ2v) is 25.7. The van der Waals surface area contributed by atoms with E-state index in [0.29, 0.717) is 6.42 Å². The van der Waals surface area contributed by atoms with E-state index in [9.17, 15) is 15.0 Å². The second-order valence-electron chi connectivity index (χ2n) is 25.7. The van der Waals surface area contributed by atoms with Crippen molar-refractivity contribution in [3.8, 4) is 0 Å². The third kappa shape index (κ3) is 70.3. The Balaban J connectivity index is 3.46. The molecule has 1 amide bonds. The molecule has 0 aliphatic rings. The Labute approximate surface area is 526 Å². The summed E-state index contributed by atoms with van der Waals surface area (Å²) in [5.41, 5.74) is 0. The lowest BCUT2D eigenvalue weighted by Crippen LogP contribution is -2.45. The van der Waals surface area contributed by atoms with Crippen LogP contribution in [-0.4, -0.2) is 34.9 Å². The largest absolute Gasteiger partial charge is 0.394 e. The number of rotatable bonds is 70. The molecule has 0 aromatic heterocycles. The zero-order chi connectivity index (χ0) is 60.5. The molecular formula is C80H147NO3. The summed E-state index contributed by atoms with van der Waals surface area (Å²) in [5.74, 6) is -0.0717. The van der Waals surface area contributed by atoms with E-state index >= 15 is 0 Å². The van der Waals surface area contributed by atoms with Gasteiger partial charge in [0.25, 0.3) is 0 Å². The molecule has 0 fully saturated rings. The molecule has 3 N–H and O–H groups in total. The fourth-order valence-corrected chi connectivity index (χ4v) is 11.7. The minimum absolute atomic E-state index is 0.0717. The first-order valence-electron chi connectivity index (χ1n) is 37.8. The summed E-state index contributed by atoms with van der Waals surface area (Å²) >= 11 is 0. The molecule has 2 unspecified atom stereocenters. The van der Waals surface area contributed by atoms with Crippen molar-refractivity contribution in [3.05, 3.63) is 85.1 Å². The van der Waals surface area contributed by atoms with Gasteiger partial charge in [-0.05, 0) is 83.5 Å². The molecular weight excluding hydrogens is 1020 g/mol. The molecule has 0 spiro atoms. The highest BCUT2D eigenvalue weighted by Crippen LogP contribution is 2.19. The summed E-state index contributed by atoms with van der Waals surface area (Å²) in [6.45, 7) is 4.22. The molecule has 0 heterocycles. The van der Waals surface area contributed by atoms with E-state index in [4.69, 9.17) is 0 Å². The number of hydrogen-bond acceptors (Lipinski definition) is 3. The minimum Gasteiger partial charge on any atom is -0.394 e. The van der Waals surface area contributed by atoms with Gasteiger partial charge in [-0.15, -0.1) is 0 Å². The fraction of sp³-hybridized carbons (Fsp3) is 0.812. The maximum Gasteiger partial charge on any atom is 0.220 e. The SMILES string of the molecule is CC/C=C\C/C=C\C/C=C\C/C=C\CCCCCCCCCCCCCCCCCCCCCCCCCCCCC(=O)NC(CO)C(O)/C=C/CC/C=C/CC/C=C/CCCCCCCCCCCCCCCCCCCCCCCCC. The van der Waals surface area contributed by atoms with Gasteiger partial charge in [-0.25, -0.2) is 0 Å². The van der Waals surface area contributed by atoms with Gasteiger partial charge in [0.2, 0.25) is 5.91 Å². The Morgan fingerprint density at radius 1 is 0.298 bits per heavy atom. The van der Waals surface area contributed by atoms with Crippen molar-refractivity contribution in [2.45, 2.75) is 411 Å². The van der Waals surface area contributed by atoms with Crippen LogP contribution in [0.2, 0.25) is 0 Å². The van der Waals surface area contributed by atoms with Gasteiger partial charge in [-0.2, -0.15) is 0 Å². The lowest BCUT2D eigenvalue weighted by molar-refractivity contribution is -0.123. The average Bonchev–Trinajstić information content (AvgIpc) is 3.51.